The largest absolute Gasteiger partial charge is 0.215 e. The third-order valence-electron chi connectivity index (χ3n) is 2.97. The molecule has 1 N–H and O–H groups in total. The molecule has 0 bridgehead atoms. The normalized spacial score (nSPS) is 18.4. The van der Waals surface area contributed by atoms with Gasteiger partial charge >= 0.3 is 0 Å². The van der Waals surface area contributed by atoms with Crippen LogP contribution >= 0.6 is 15.9 Å². The average Bonchev–Trinajstić information content (AvgIpc) is 2.96. The first-order valence-electron chi connectivity index (χ1n) is 5.13. The molecule has 5 heteroatoms. The van der Waals surface area contributed by atoms with E-state index in [2.05, 4.69) is 26.7 Å². The maximum absolute atomic E-state index is 11.1. The minimum atomic E-state index is -3.10. The number of nitrogens with one attached hydrogen (secondary N) is 1. The summed E-state index contributed by atoms with van der Waals surface area (Å²) in [7, 11) is -3.10. The molecule has 1 aliphatic carbocycles. The molecule has 0 aliphatic heterocycles. The highest BCUT2D eigenvalue weighted by Gasteiger charge is 2.45. The molecule has 1 aliphatic rings. The van der Waals surface area contributed by atoms with Crippen molar-refractivity contribution >= 4 is 26.0 Å². The molecule has 0 saturated heterocycles. The van der Waals surface area contributed by atoms with E-state index in [0.717, 1.165) is 17.3 Å². The standard InChI is InChI=1S/C11H14BrNO2S/c1-16(14,15)13-8-11(6-7-11)9-4-2-3-5-10(9)12/h2-5,13H,6-8H2,1H3. The monoisotopic (exact) mass is 303 g/mol. The van der Waals surface area contributed by atoms with Crippen molar-refractivity contribution in [3.8, 4) is 0 Å². The molecule has 3 nitrogen and oxygen atoms in total. The van der Waals surface area contributed by atoms with Crippen LogP contribution in [0.25, 0.3) is 0 Å². The van der Waals surface area contributed by atoms with Crippen LogP contribution in [0.2, 0.25) is 0 Å². The van der Waals surface area contributed by atoms with Gasteiger partial charge < -0.3 is 0 Å². The van der Waals surface area contributed by atoms with Crippen molar-refractivity contribution in [3.63, 3.8) is 0 Å². The first-order chi connectivity index (χ1) is 7.43. The quantitative estimate of drug-likeness (QED) is 0.925. The van der Waals surface area contributed by atoms with E-state index < -0.39 is 10.0 Å². The Balaban J connectivity index is 2.18. The van der Waals surface area contributed by atoms with Gasteiger partial charge in [0.2, 0.25) is 10.0 Å². The molecule has 0 atom stereocenters. The molecule has 1 fully saturated rings. The van der Waals surface area contributed by atoms with Crippen LogP contribution in [0.15, 0.2) is 28.7 Å². The molecule has 1 aromatic carbocycles. The number of rotatable bonds is 4. The fourth-order valence-electron chi connectivity index (χ4n) is 1.85. The molecular weight excluding hydrogens is 290 g/mol. The Morgan fingerprint density at radius 2 is 2.00 bits per heavy atom. The number of sulfonamides is 1. The zero-order valence-electron chi connectivity index (χ0n) is 9.03. The molecule has 16 heavy (non-hydrogen) atoms. The molecule has 2 rings (SSSR count). The Labute approximate surface area is 104 Å². The van der Waals surface area contributed by atoms with Gasteiger partial charge in [0, 0.05) is 16.4 Å². The third kappa shape index (κ3) is 2.64. The van der Waals surface area contributed by atoms with Gasteiger partial charge in [0.1, 0.15) is 0 Å². The second-order valence-corrected chi connectivity index (χ2v) is 7.04. The van der Waals surface area contributed by atoms with Crippen LogP contribution in [0, 0.1) is 0 Å². The van der Waals surface area contributed by atoms with Crippen molar-refractivity contribution in [1.82, 2.24) is 4.72 Å². The molecule has 1 aromatic rings. The van der Waals surface area contributed by atoms with Crippen LogP contribution in [0.1, 0.15) is 18.4 Å². The number of hydrogen-bond acceptors (Lipinski definition) is 2. The predicted molar refractivity (Wildman–Crippen MR) is 67.9 cm³/mol. The van der Waals surface area contributed by atoms with Crippen LogP contribution in [-0.4, -0.2) is 21.2 Å². The van der Waals surface area contributed by atoms with E-state index in [9.17, 15) is 8.42 Å². The van der Waals surface area contributed by atoms with Crippen molar-refractivity contribution in [3.05, 3.63) is 34.3 Å². The summed E-state index contributed by atoms with van der Waals surface area (Å²) in [4.78, 5) is 0. The topological polar surface area (TPSA) is 46.2 Å². The van der Waals surface area contributed by atoms with E-state index in [-0.39, 0.29) is 5.41 Å². The predicted octanol–water partition coefficient (Wildman–Crippen LogP) is 2.03. The van der Waals surface area contributed by atoms with Crippen LogP contribution < -0.4 is 4.72 Å². The molecule has 0 unspecified atom stereocenters. The maximum Gasteiger partial charge on any atom is 0.208 e. The Morgan fingerprint density at radius 3 is 2.50 bits per heavy atom. The SMILES string of the molecule is CS(=O)(=O)NCC1(c2ccccc2Br)CC1. The highest BCUT2D eigenvalue weighted by atomic mass is 79.9. The van der Waals surface area contributed by atoms with E-state index in [1.807, 2.05) is 18.2 Å². The van der Waals surface area contributed by atoms with E-state index in [1.165, 1.54) is 11.8 Å². The second kappa shape index (κ2) is 4.13. The smallest absolute Gasteiger partial charge is 0.208 e. The molecule has 88 valence electrons. The summed E-state index contributed by atoms with van der Waals surface area (Å²) in [5.74, 6) is 0. The Hall–Kier alpha value is -0.390. The van der Waals surface area contributed by atoms with Gasteiger partial charge in [0.15, 0.2) is 0 Å². The van der Waals surface area contributed by atoms with Gasteiger partial charge in [0.25, 0.3) is 0 Å². The van der Waals surface area contributed by atoms with Crippen molar-refractivity contribution in [2.75, 3.05) is 12.8 Å². The maximum atomic E-state index is 11.1. The summed E-state index contributed by atoms with van der Waals surface area (Å²) in [5, 5.41) is 0. The number of hydrogen-bond donors (Lipinski definition) is 1. The molecular formula is C11H14BrNO2S. The van der Waals surface area contributed by atoms with Crippen molar-refractivity contribution < 1.29 is 8.42 Å². The van der Waals surface area contributed by atoms with Gasteiger partial charge in [-0.15, -0.1) is 0 Å². The second-order valence-electron chi connectivity index (χ2n) is 4.35. The number of benzene rings is 1. The summed E-state index contributed by atoms with van der Waals surface area (Å²) in [6.07, 6.45) is 3.28. The molecule has 0 radical (unpaired) electrons. The van der Waals surface area contributed by atoms with E-state index in [4.69, 9.17) is 0 Å². The number of halogens is 1. The summed E-state index contributed by atoms with van der Waals surface area (Å²) in [5.41, 5.74) is 1.20. The lowest BCUT2D eigenvalue weighted by Gasteiger charge is -2.17. The van der Waals surface area contributed by atoms with Crippen molar-refractivity contribution in [2.24, 2.45) is 0 Å². The summed E-state index contributed by atoms with van der Waals surface area (Å²) in [6, 6.07) is 8.01. The van der Waals surface area contributed by atoms with Crippen LogP contribution in [-0.2, 0) is 15.4 Å². The fraction of sp³-hybridized carbons (Fsp3) is 0.455. The first kappa shape index (κ1) is 12.1. The van der Waals surface area contributed by atoms with Gasteiger partial charge in [-0.1, -0.05) is 34.1 Å². The molecule has 0 heterocycles. The first-order valence-corrected chi connectivity index (χ1v) is 7.81. The molecule has 0 amide bonds. The van der Waals surface area contributed by atoms with Crippen LogP contribution in [0.5, 0.6) is 0 Å². The van der Waals surface area contributed by atoms with Crippen molar-refractivity contribution in [1.29, 1.82) is 0 Å². The molecule has 1 saturated carbocycles. The Kier molecular flexibility index (Phi) is 3.11. The minimum absolute atomic E-state index is 0.00315. The highest BCUT2D eigenvalue weighted by Crippen LogP contribution is 2.49. The van der Waals surface area contributed by atoms with Gasteiger partial charge in [-0.25, -0.2) is 13.1 Å². The third-order valence-corrected chi connectivity index (χ3v) is 4.33. The Morgan fingerprint density at radius 1 is 1.38 bits per heavy atom. The van der Waals surface area contributed by atoms with Gasteiger partial charge in [0.05, 0.1) is 6.26 Å². The average molecular weight is 304 g/mol. The van der Waals surface area contributed by atoms with Crippen LogP contribution in [0.3, 0.4) is 0 Å². The summed E-state index contributed by atoms with van der Waals surface area (Å²) < 4.78 is 25.9. The lowest BCUT2D eigenvalue weighted by molar-refractivity contribution is 0.572. The van der Waals surface area contributed by atoms with Crippen molar-refractivity contribution in [2.45, 2.75) is 18.3 Å². The fourth-order valence-corrected chi connectivity index (χ4v) is 3.10. The van der Waals surface area contributed by atoms with Gasteiger partial charge in [-0.05, 0) is 24.5 Å². The molecule has 0 spiro atoms. The summed E-state index contributed by atoms with van der Waals surface area (Å²) >= 11 is 3.52. The zero-order chi connectivity index (χ0) is 11.8. The lowest BCUT2D eigenvalue weighted by Crippen LogP contribution is -2.31. The highest BCUT2D eigenvalue weighted by molar-refractivity contribution is 9.10. The zero-order valence-corrected chi connectivity index (χ0v) is 11.4. The van der Waals surface area contributed by atoms with Crippen LogP contribution in [0.4, 0.5) is 0 Å². The summed E-state index contributed by atoms with van der Waals surface area (Å²) in [6.45, 7) is 0.494. The van der Waals surface area contributed by atoms with E-state index in [1.54, 1.807) is 0 Å². The van der Waals surface area contributed by atoms with E-state index in [0.29, 0.717) is 6.54 Å². The van der Waals surface area contributed by atoms with Gasteiger partial charge in [-0.2, -0.15) is 0 Å². The minimum Gasteiger partial charge on any atom is -0.215 e. The molecule has 0 aromatic heterocycles. The lowest BCUT2D eigenvalue weighted by atomic mass is 9.96. The van der Waals surface area contributed by atoms with E-state index >= 15 is 0 Å². The van der Waals surface area contributed by atoms with Gasteiger partial charge in [-0.3, -0.25) is 0 Å². The Bertz CT molecular complexity index is 494.